The summed E-state index contributed by atoms with van der Waals surface area (Å²) in [4.78, 5) is 15.1. The topological polar surface area (TPSA) is 84.9 Å². The van der Waals surface area contributed by atoms with Crippen LogP contribution >= 0.6 is 11.6 Å². The minimum atomic E-state index is -3.36. The van der Waals surface area contributed by atoms with Gasteiger partial charge in [0.1, 0.15) is 5.75 Å². The lowest BCUT2D eigenvalue weighted by atomic mass is 9.80. The first-order valence-corrected chi connectivity index (χ1v) is 14.1. The van der Waals surface area contributed by atoms with Crippen molar-refractivity contribution in [1.29, 1.82) is 0 Å². The van der Waals surface area contributed by atoms with Crippen molar-refractivity contribution in [3.05, 3.63) is 28.3 Å². The number of halogens is 1. The molecule has 1 amide bonds. The van der Waals surface area contributed by atoms with Crippen LogP contribution in [0.2, 0.25) is 5.02 Å². The number of hydrogen-bond donors (Lipinski definition) is 1. The van der Waals surface area contributed by atoms with E-state index in [2.05, 4.69) is 4.72 Å². The summed E-state index contributed by atoms with van der Waals surface area (Å²) in [5, 5.41) is 0.428. The van der Waals surface area contributed by atoms with Crippen molar-refractivity contribution in [3.8, 4) is 5.75 Å². The molecule has 1 aromatic rings. The molecule has 2 unspecified atom stereocenters. The Balaban J connectivity index is 1.43. The number of rotatable bonds is 3. The van der Waals surface area contributed by atoms with Crippen LogP contribution < -0.4 is 9.46 Å². The lowest BCUT2D eigenvalue weighted by Crippen LogP contribution is -2.60. The molecule has 2 aliphatic carbocycles. The Morgan fingerprint density at radius 2 is 1.85 bits per heavy atom. The Hall–Kier alpha value is -1.35. The SMILES string of the molecule is Cc1c(Cl)ccc2c1C1CCC(CC1)OCC1C(NS(=O)(=O)C3CC3)CCCN1C(=O)CO2. The van der Waals surface area contributed by atoms with Crippen LogP contribution in [-0.2, 0) is 19.6 Å². The fraction of sp³-hybridized carbons (Fsp3) is 0.708. The Kier molecular flexibility index (Phi) is 6.64. The fourth-order valence-electron chi connectivity index (χ4n) is 5.68. The molecule has 3 heterocycles. The van der Waals surface area contributed by atoms with E-state index in [0.717, 1.165) is 49.0 Å². The van der Waals surface area contributed by atoms with Crippen LogP contribution in [0.5, 0.6) is 5.75 Å². The first-order chi connectivity index (χ1) is 15.8. The van der Waals surface area contributed by atoms with Crippen LogP contribution in [0.4, 0.5) is 0 Å². The summed E-state index contributed by atoms with van der Waals surface area (Å²) in [6, 6.07) is 3.05. The van der Waals surface area contributed by atoms with E-state index in [1.165, 1.54) is 0 Å². The molecule has 0 spiro atoms. The molecule has 3 aliphatic heterocycles. The largest absolute Gasteiger partial charge is 0.483 e. The van der Waals surface area contributed by atoms with Gasteiger partial charge >= 0.3 is 0 Å². The summed E-state index contributed by atoms with van der Waals surface area (Å²) in [6.07, 6.45) is 6.80. The number of nitrogens with zero attached hydrogens (tertiary/aromatic N) is 1. The number of piperidine rings is 1. The Bertz CT molecular complexity index is 1000. The summed E-state index contributed by atoms with van der Waals surface area (Å²) < 4.78 is 40.7. The van der Waals surface area contributed by atoms with Gasteiger partial charge < -0.3 is 14.4 Å². The molecule has 2 bridgehead atoms. The molecule has 9 heteroatoms. The van der Waals surface area contributed by atoms with Crippen LogP contribution in [0.3, 0.4) is 0 Å². The molecular weight excluding hydrogens is 464 g/mol. The molecule has 3 fully saturated rings. The van der Waals surface area contributed by atoms with E-state index in [1.807, 2.05) is 19.1 Å². The second-order valence-corrected chi connectivity index (χ2v) is 12.3. The molecular formula is C24H33ClN2O5S. The van der Waals surface area contributed by atoms with Crippen molar-refractivity contribution < 1.29 is 22.7 Å². The van der Waals surface area contributed by atoms with Crippen LogP contribution in [0.15, 0.2) is 12.1 Å². The highest BCUT2D eigenvalue weighted by atomic mass is 35.5. The minimum absolute atomic E-state index is 0.0805. The van der Waals surface area contributed by atoms with Crippen LogP contribution in [0, 0.1) is 6.92 Å². The molecule has 1 N–H and O–H groups in total. The molecule has 1 saturated heterocycles. The average molecular weight is 497 g/mol. The zero-order valence-corrected chi connectivity index (χ0v) is 20.7. The zero-order valence-electron chi connectivity index (χ0n) is 19.1. The second-order valence-electron chi connectivity index (χ2n) is 9.95. The van der Waals surface area contributed by atoms with Crippen molar-refractivity contribution >= 4 is 27.5 Å². The normalized spacial score (nSPS) is 31.0. The molecule has 1 aromatic carbocycles. The van der Waals surface area contributed by atoms with Crippen molar-refractivity contribution in [1.82, 2.24) is 9.62 Å². The van der Waals surface area contributed by atoms with Gasteiger partial charge in [-0.05, 0) is 81.9 Å². The van der Waals surface area contributed by atoms with Crippen LogP contribution in [-0.4, -0.2) is 62.4 Å². The summed E-state index contributed by atoms with van der Waals surface area (Å²) in [5.74, 6) is 0.924. The van der Waals surface area contributed by atoms with E-state index >= 15 is 0 Å². The first kappa shape index (κ1) is 23.4. The highest BCUT2D eigenvalue weighted by Crippen LogP contribution is 2.42. The Labute approximate surface area is 201 Å². The maximum absolute atomic E-state index is 13.3. The fourth-order valence-corrected chi connectivity index (χ4v) is 7.49. The second kappa shape index (κ2) is 9.36. The number of fused-ring (bicyclic) bond motifs is 5. The van der Waals surface area contributed by atoms with E-state index in [9.17, 15) is 13.2 Å². The van der Waals surface area contributed by atoms with Crippen molar-refractivity contribution in [2.75, 3.05) is 19.8 Å². The van der Waals surface area contributed by atoms with Gasteiger partial charge in [-0.1, -0.05) is 11.6 Å². The number of amides is 1. The molecule has 2 saturated carbocycles. The summed E-state index contributed by atoms with van der Waals surface area (Å²) >= 11 is 6.44. The highest BCUT2D eigenvalue weighted by molar-refractivity contribution is 7.90. The van der Waals surface area contributed by atoms with E-state index in [-0.39, 0.29) is 36.0 Å². The first-order valence-electron chi connectivity index (χ1n) is 12.2. The third-order valence-electron chi connectivity index (χ3n) is 7.72. The number of nitrogens with one attached hydrogen (secondary N) is 1. The van der Waals surface area contributed by atoms with Gasteiger partial charge in [-0.2, -0.15) is 0 Å². The quantitative estimate of drug-likeness (QED) is 0.692. The Morgan fingerprint density at radius 1 is 1.09 bits per heavy atom. The summed E-state index contributed by atoms with van der Waals surface area (Å²) in [5.41, 5.74) is 2.13. The van der Waals surface area contributed by atoms with Gasteiger partial charge in [-0.25, -0.2) is 13.1 Å². The maximum Gasteiger partial charge on any atom is 0.260 e. The maximum atomic E-state index is 13.3. The van der Waals surface area contributed by atoms with Gasteiger partial charge in [0.15, 0.2) is 6.61 Å². The third-order valence-corrected chi connectivity index (χ3v) is 10.1. The summed E-state index contributed by atoms with van der Waals surface area (Å²) in [7, 11) is -3.36. The molecule has 0 radical (unpaired) electrons. The Morgan fingerprint density at radius 3 is 2.58 bits per heavy atom. The van der Waals surface area contributed by atoms with E-state index in [0.29, 0.717) is 43.4 Å². The van der Waals surface area contributed by atoms with Gasteiger partial charge in [0.2, 0.25) is 10.0 Å². The lowest BCUT2D eigenvalue weighted by molar-refractivity contribution is -0.140. The predicted octanol–water partition coefficient (Wildman–Crippen LogP) is 3.53. The van der Waals surface area contributed by atoms with E-state index < -0.39 is 10.0 Å². The standard InChI is InChI=1S/C24H33ClN2O5S/c1-15-19(25)10-11-22-24(15)16-4-6-17(7-5-16)31-13-21-20(26-33(29,30)18-8-9-18)3-2-12-27(21)23(28)14-32-22/h10-11,16-18,20-21,26H,2-9,12-14H2,1H3. The molecule has 0 aromatic heterocycles. The number of sulfonamides is 1. The van der Waals surface area contributed by atoms with E-state index in [1.54, 1.807) is 4.90 Å². The van der Waals surface area contributed by atoms with E-state index in [4.69, 9.17) is 21.1 Å². The smallest absolute Gasteiger partial charge is 0.260 e. The molecule has 182 valence electrons. The van der Waals surface area contributed by atoms with Gasteiger partial charge in [0.25, 0.3) is 5.91 Å². The average Bonchev–Trinajstić information content (AvgIpc) is 3.65. The van der Waals surface area contributed by atoms with Crippen LogP contribution in [0.1, 0.15) is 68.4 Å². The van der Waals surface area contributed by atoms with Crippen molar-refractivity contribution in [3.63, 3.8) is 0 Å². The van der Waals surface area contributed by atoms with Crippen molar-refractivity contribution in [2.24, 2.45) is 0 Å². The molecule has 6 rings (SSSR count). The monoisotopic (exact) mass is 496 g/mol. The van der Waals surface area contributed by atoms with Gasteiger partial charge in [0.05, 0.1) is 24.0 Å². The zero-order chi connectivity index (χ0) is 23.2. The van der Waals surface area contributed by atoms with Crippen LogP contribution in [0.25, 0.3) is 0 Å². The number of carbonyl (C=O) groups excluding carboxylic acids is 1. The lowest BCUT2D eigenvalue weighted by Gasteiger charge is -2.42. The number of carbonyl (C=O) groups is 1. The highest BCUT2D eigenvalue weighted by Gasteiger charge is 2.42. The number of benzene rings is 1. The van der Waals surface area contributed by atoms with Gasteiger partial charge in [-0.3, -0.25) is 4.79 Å². The van der Waals surface area contributed by atoms with Gasteiger partial charge in [-0.15, -0.1) is 0 Å². The summed E-state index contributed by atoms with van der Waals surface area (Å²) in [6.45, 7) is 2.86. The number of ether oxygens (including phenoxy) is 2. The number of hydrogen-bond acceptors (Lipinski definition) is 5. The van der Waals surface area contributed by atoms with Gasteiger partial charge in [0, 0.05) is 23.2 Å². The molecule has 5 aliphatic rings. The minimum Gasteiger partial charge on any atom is -0.483 e. The van der Waals surface area contributed by atoms with Crippen molar-refractivity contribution in [2.45, 2.75) is 87.6 Å². The molecule has 7 nitrogen and oxygen atoms in total. The third kappa shape index (κ3) is 4.90. The molecule has 33 heavy (non-hydrogen) atoms. The molecule has 2 atom stereocenters. The predicted molar refractivity (Wildman–Crippen MR) is 126 cm³/mol.